The number of fused-ring (bicyclic) bond motifs is 3. The molecular formula is C18H22N4O4S. The molecular weight excluding hydrogens is 368 g/mol. The maximum absolute atomic E-state index is 12.9. The van der Waals surface area contributed by atoms with Gasteiger partial charge in [0.1, 0.15) is 11.4 Å². The Kier molecular flexibility index (Phi) is 4.86. The Morgan fingerprint density at radius 2 is 1.93 bits per heavy atom. The zero-order chi connectivity index (χ0) is 19.0. The molecule has 27 heavy (non-hydrogen) atoms. The standard InChI is InChI=1S/C18H22N4O4S/c1-2-26-18(25)21-8-6-20(7-9-21)14(23)10-22-11-19-16-15(17(22)24)12-4-3-5-13(12)27-16/h11H,2-10H2,1H3. The molecule has 1 saturated heterocycles. The number of aromatic nitrogens is 2. The minimum atomic E-state index is -0.346. The number of aryl methyl sites for hydroxylation is 2. The summed E-state index contributed by atoms with van der Waals surface area (Å²) in [6, 6.07) is 0. The summed E-state index contributed by atoms with van der Waals surface area (Å²) in [5.41, 5.74) is 0.996. The molecule has 8 nitrogen and oxygen atoms in total. The van der Waals surface area contributed by atoms with Crippen LogP contribution < -0.4 is 5.56 Å². The van der Waals surface area contributed by atoms with E-state index in [1.165, 1.54) is 15.8 Å². The third-order valence-corrected chi connectivity index (χ3v) is 6.36. The molecule has 0 atom stereocenters. The van der Waals surface area contributed by atoms with E-state index in [1.54, 1.807) is 28.1 Å². The molecule has 3 heterocycles. The van der Waals surface area contributed by atoms with Gasteiger partial charge in [-0.3, -0.25) is 14.2 Å². The van der Waals surface area contributed by atoms with Gasteiger partial charge in [0.2, 0.25) is 5.91 Å². The van der Waals surface area contributed by atoms with Gasteiger partial charge in [-0.15, -0.1) is 11.3 Å². The predicted molar refractivity (Wildman–Crippen MR) is 101 cm³/mol. The van der Waals surface area contributed by atoms with E-state index in [4.69, 9.17) is 4.74 Å². The first-order valence-corrected chi connectivity index (χ1v) is 10.1. The third-order valence-electron chi connectivity index (χ3n) is 5.16. The average Bonchev–Trinajstić information content (AvgIpc) is 3.25. The molecule has 2 amide bonds. The van der Waals surface area contributed by atoms with Gasteiger partial charge < -0.3 is 14.5 Å². The first kappa shape index (κ1) is 18.0. The van der Waals surface area contributed by atoms with Gasteiger partial charge in [0.25, 0.3) is 5.56 Å². The number of ether oxygens (including phenoxy) is 1. The van der Waals surface area contributed by atoms with E-state index >= 15 is 0 Å². The monoisotopic (exact) mass is 390 g/mol. The van der Waals surface area contributed by atoms with Crippen molar-refractivity contribution in [2.24, 2.45) is 0 Å². The molecule has 0 aromatic carbocycles. The van der Waals surface area contributed by atoms with E-state index in [0.717, 1.165) is 29.7 Å². The van der Waals surface area contributed by atoms with E-state index in [1.807, 2.05) is 0 Å². The highest BCUT2D eigenvalue weighted by Crippen LogP contribution is 2.34. The van der Waals surface area contributed by atoms with E-state index in [-0.39, 0.29) is 24.1 Å². The first-order chi connectivity index (χ1) is 13.1. The summed E-state index contributed by atoms with van der Waals surface area (Å²) in [6.07, 6.45) is 4.14. The number of piperazine rings is 1. The van der Waals surface area contributed by atoms with Gasteiger partial charge >= 0.3 is 6.09 Å². The molecule has 2 aromatic heterocycles. The normalized spacial score (nSPS) is 16.6. The Bertz CT molecular complexity index is 943. The predicted octanol–water partition coefficient (Wildman–Crippen LogP) is 1.25. The minimum absolute atomic E-state index is 0.0220. The molecule has 9 heteroatoms. The van der Waals surface area contributed by atoms with Crippen LogP contribution in [-0.2, 0) is 28.9 Å². The van der Waals surface area contributed by atoms with E-state index < -0.39 is 0 Å². The Balaban J connectivity index is 1.45. The zero-order valence-electron chi connectivity index (χ0n) is 15.3. The first-order valence-electron chi connectivity index (χ1n) is 9.27. The van der Waals surface area contributed by atoms with Crippen LogP contribution in [0.4, 0.5) is 4.79 Å². The highest BCUT2D eigenvalue weighted by atomic mass is 32.1. The summed E-state index contributed by atoms with van der Waals surface area (Å²) < 4.78 is 6.40. The Hall–Kier alpha value is -2.42. The highest BCUT2D eigenvalue weighted by Gasteiger charge is 2.26. The lowest BCUT2D eigenvalue weighted by atomic mass is 10.2. The SMILES string of the molecule is CCOC(=O)N1CCN(C(=O)Cn2cnc3sc4c(c3c2=O)CCC4)CC1. The van der Waals surface area contributed by atoms with Crippen molar-refractivity contribution in [3.05, 3.63) is 27.1 Å². The van der Waals surface area contributed by atoms with Gasteiger partial charge in [-0.05, 0) is 31.7 Å². The minimum Gasteiger partial charge on any atom is -0.450 e. The highest BCUT2D eigenvalue weighted by molar-refractivity contribution is 7.18. The smallest absolute Gasteiger partial charge is 0.409 e. The van der Waals surface area contributed by atoms with Crippen LogP contribution in [0.1, 0.15) is 23.8 Å². The van der Waals surface area contributed by atoms with Crippen molar-refractivity contribution in [2.45, 2.75) is 32.7 Å². The largest absolute Gasteiger partial charge is 0.450 e. The Morgan fingerprint density at radius 1 is 1.19 bits per heavy atom. The molecule has 0 N–H and O–H groups in total. The summed E-state index contributed by atoms with van der Waals surface area (Å²) in [5, 5.41) is 0.690. The summed E-state index contributed by atoms with van der Waals surface area (Å²) in [5.74, 6) is -0.131. The zero-order valence-corrected chi connectivity index (χ0v) is 16.1. The van der Waals surface area contributed by atoms with Crippen molar-refractivity contribution in [1.29, 1.82) is 0 Å². The van der Waals surface area contributed by atoms with Crippen molar-refractivity contribution in [3.8, 4) is 0 Å². The number of hydrogen-bond donors (Lipinski definition) is 0. The molecule has 0 spiro atoms. The average molecular weight is 390 g/mol. The second-order valence-corrected chi connectivity index (χ2v) is 7.87. The van der Waals surface area contributed by atoms with Crippen molar-refractivity contribution in [2.75, 3.05) is 32.8 Å². The number of amides is 2. The van der Waals surface area contributed by atoms with Crippen LogP contribution in [0.5, 0.6) is 0 Å². The number of carbonyl (C=O) groups is 2. The van der Waals surface area contributed by atoms with E-state index in [2.05, 4.69) is 4.98 Å². The second kappa shape index (κ2) is 7.30. The molecule has 2 aliphatic rings. The third kappa shape index (κ3) is 3.31. The number of nitrogens with zero attached hydrogens (tertiary/aromatic N) is 4. The van der Waals surface area contributed by atoms with Crippen LogP contribution in [0.2, 0.25) is 0 Å². The summed E-state index contributed by atoms with van der Waals surface area (Å²) in [4.78, 5) is 47.0. The number of rotatable bonds is 3. The van der Waals surface area contributed by atoms with Gasteiger partial charge in [0, 0.05) is 31.1 Å². The van der Waals surface area contributed by atoms with Crippen LogP contribution in [0.15, 0.2) is 11.1 Å². The fourth-order valence-electron chi connectivity index (χ4n) is 3.73. The van der Waals surface area contributed by atoms with Gasteiger partial charge in [-0.1, -0.05) is 0 Å². The quantitative estimate of drug-likeness (QED) is 0.787. The number of carbonyl (C=O) groups excluding carboxylic acids is 2. The summed E-state index contributed by atoms with van der Waals surface area (Å²) in [7, 11) is 0. The number of hydrogen-bond acceptors (Lipinski definition) is 6. The molecule has 1 aliphatic carbocycles. The van der Waals surface area contributed by atoms with Gasteiger partial charge in [-0.2, -0.15) is 0 Å². The second-order valence-electron chi connectivity index (χ2n) is 6.78. The van der Waals surface area contributed by atoms with Crippen LogP contribution in [0.25, 0.3) is 10.2 Å². The topological polar surface area (TPSA) is 84.7 Å². The van der Waals surface area contributed by atoms with Crippen LogP contribution >= 0.6 is 11.3 Å². The molecule has 0 radical (unpaired) electrons. The Morgan fingerprint density at radius 3 is 2.67 bits per heavy atom. The van der Waals surface area contributed by atoms with Crippen molar-refractivity contribution in [1.82, 2.24) is 19.4 Å². The molecule has 1 fully saturated rings. The summed E-state index contributed by atoms with van der Waals surface area (Å²) >= 11 is 1.59. The fraction of sp³-hybridized carbons (Fsp3) is 0.556. The molecule has 144 valence electrons. The van der Waals surface area contributed by atoms with E-state index in [0.29, 0.717) is 38.2 Å². The molecule has 2 aromatic rings. The van der Waals surface area contributed by atoms with Gasteiger partial charge in [-0.25, -0.2) is 9.78 Å². The molecule has 0 saturated carbocycles. The fourth-order valence-corrected chi connectivity index (χ4v) is 4.95. The lowest BCUT2D eigenvalue weighted by Gasteiger charge is -2.34. The van der Waals surface area contributed by atoms with Gasteiger partial charge in [0.05, 0.1) is 18.3 Å². The molecule has 4 rings (SSSR count). The molecule has 0 bridgehead atoms. The van der Waals surface area contributed by atoms with Crippen LogP contribution in [0, 0.1) is 0 Å². The number of thiophene rings is 1. The lowest BCUT2D eigenvalue weighted by Crippen LogP contribution is -2.51. The van der Waals surface area contributed by atoms with Crippen molar-refractivity contribution < 1.29 is 14.3 Å². The maximum Gasteiger partial charge on any atom is 0.409 e. The Labute approximate surface area is 160 Å². The molecule has 1 aliphatic heterocycles. The van der Waals surface area contributed by atoms with Crippen LogP contribution in [-0.4, -0.2) is 64.1 Å². The lowest BCUT2D eigenvalue weighted by molar-refractivity contribution is -0.133. The summed E-state index contributed by atoms with van der Waals surface area (Å²) in [6.45, 7) is 3.84. The van der Waals surface area contributed by atoms with E-state index in [9.17, 15) is 14.4 Å². The van der Waals surface area contributed by atoms with Crippen LogP contribution in [0.3, 0.4) is 0 Å². The van der Waals surface area contributed by atoms with Crippen molar-refractivity contribution in [3.63, 3.8) is 0 Å². The van der Waals surface area contributed by atoms with Gasteiger partial charge in [0.15, 0.2) is 0 Å². The maximum atomic E-state index is 12.9. The molecule has 0 unspecified atom stereocenters. The van der Waals surface area contributed by atoms with Crippen molar-refractivity contribution >= 4 is 33.6 Å².